The van der Waals surface area contributed by atoms with Crippen molar-refractivity contribution < 1.29 is 9.52 Å². The summed E-state index contributed by atoms with van der Waals surface area (Å²) in [6, 6.07) is 0. The van der Waals surface area contributed by atoms with Gasteiger partial charge in [0.25, 0.3) is 0 Å². The Morgan fingerprint density at radius 3 is 2.40 bits per heavy atom. The second kappa shape index (κ2) is 2.09. The van der Waals surface area contributed by atoms with Gasteiger partial charge in [-0.2, -0.15) is 0 Å². The number of rotatable bonds is 1. The van der Waals surface area contributed by atoms with E-state index >= 15 is 0 Å². The first-order valence-electron chi connectivity index (χ1n) is 3.15. The quantitative estimate of drug-likeness (QED) is 0.639. The lowest BCUT2D eigenvalue weighted by Gasteiger charge is -2.10. The van der Waals surface area contributed by atoms with E-state index in [9.17, 15) is 5.11 Å². The van der Waals surface area contributed by atoms with Crippen molar-refractivity contribution in [2.45, 2.75) is 26.4 Å². The second-order valence-electron chi connectivity index (χ2n) is 2.85. The van der Waals surface area contributed by atoms with E-state index in [0.717, 1.165) is 5.69 Å². The van der Waals surface area contributed by atoms with Crippen LogP contribution in [-0.2, 0) is 5.60 Å². The van der Waals surface area contributed by atoms with Crippen LogP contribution in [0.5, 0.6) is 0 Å². The molecular weight excluding hydrogens is 130 g/mol. The normalized spacial score (nSPS) is 12.0. The van der Waals surface area contributed by atoms with Crippen molar-refractivity contribution in [2.24, 2.45) is 0 Å². The van der Waals surface area contributed by atoms with Gasteiger partial charge in [-0.1, -0.05) is 0 Å². The molecule has 0 fully saturated rings. The van der Waals surface area contributed by atoms with Gasteiger partial charge >= 0.3 is 0 Å². The van der Waals surface area contributed by atoms with Crippen LogP contribution in [0.2, 0.25) is 0 Å². The summed E-state index contributed by atoms with van der Waals surface area (Å²) in [4.78, 5) is 3.97. The predicted octanol–water partition coefficient (Wildman–Crippen LogP) is 1.21. The number of hydrogen-bond donors (Lipinski definition) is 1. The van der Waals surface area contributed by atoms with Crippen molar-refractivity contribution in [3.63, 3.8) is 0 Å². The van der Waals surface area contributed by atoms with Crippen molar-refractivity contribution in [1.82, 2.24) is 4.98 Å². The molecule has 1 heterocycles. The summed E-state index contributed by atoms with van der Waals surface area (Å²) in [5.41, 5.74) is -0.175. The molecule has 1 N–H and O–H groups in total. The lowest BCUT2D eigenvalue weighted by atomic mass is 10.1. The van der Waals surface area contributed by atoms with E-state index in [-0.39, 0.29) is 0 Å². The zero-order chi connectivity index (χ0) is 7.78. The topological polar surface area (TPSA) is 46.3 Å². The number of nitrogens with zero attached hydrogens (tertiary/aromatic N) is 1. The minimum absolute atomic E-state index is 0.366. The number of aromatic nitrogens is 1. The Hall–Kier alpha value is -0.830. The number of hydrogen-bond acceptors (Lipinski definition) is 3. The molecule has 0 saturated heterocycles. The van der Waals surface area contributed by atoms with Crippen LogP contribution in [0.25, 0.3) is 0 Å². The Bertz CT molecular complexity index is 222. The molecule has 0 aromatic carbocycles. The van der Waals surface area contributed by atoms with Gasteiger partial charge in [0, 0.05) is 0 Å². The molecular formula is C7H11NO2. The van der Waals surface area contributed by atoms with Crippen LogP contribution >= 0.6 is 0 Å². The highest BCUT2D eigenvalue weighted by molar-refractivity contribution is 4.98. The van der Waals surface area contributed by atoms with Gasteiger partial charge in [-0.15, -0.1) is 0 Å². The highest BCUT2D eigenvalue weighted by atomic mass is 16.4. The van der Waals surface area contributed by atoms with E-state index in [2.05, 4.69) is 4.98 Å². The van der Waals surface area contributed by atoms with Crippen molar-refractivity contribution in [1.29, 1.82) is 0 Å². The molecule has 1 aromatic rings. The summed E-state index contributed by atoms with van der Waals surface area (Å²) in [6.45, 7) is 5.09. The fraction of sp³-hybridized carbons (Fsp3) is 0.571. The first-order chi connectivity index (χ1) is 4.50. The maximum absolute atomic E-state index is 9.35. The van der Waals surface area contributed by atoms with Gasteiger partial charge in [0.05, 0.1) is 5.69 Å². The monoisotopic (exact) mass is 141 g/mol. The van der Waals surface area contributed by atoms with Gasteiger partial charge in [-0.25, -0.2) is 4.98 Å². The van der Waals surface area contributed by atoms with Crippen LogP contribution in [0, 0.1) is 6.92 Å². The molecule has 0 spiro atoms. The highest BCUT2D eigenvalue weighted by Crippen LogP contribution is 2.17. The lowest BCUT2D eigenvalue weighted by Crippen LogP contribution is -2.15. The van der Waals surface area contributed by atoms with Crippen LogP contribution in [0.1, 0.15) is 25.4 Å². The van der Waals surface area contributed by atoms with Crippen molar-refractivity contribution >= 4 is 0 Å². The molecule has 3 heteroatoms. The van der Waals surface area contributed by atoms with E-state index in [0.29, 0.717) is 5.89 Å². The van der Waals surface area contributed by atoms with Crippen molar-refractivity contribution in [3.05, 3.63) is 17.8 Å². The summed E-state index contributed by atoms with van der Waals surface area (Å²) in [5.74, 6) is 0.366. The third-order valence-corrected chi connectivity index (χ3v) is 1.14. The van der Waals surface area contributed by atoms with Crippen LogP contribution in [0.4, 0.5) is 0 Å². The fourth-order valence-corrected chi connectivity index (χ4v) is 0.635. The first kappa shape index (κ1) is 7.28. The van der Waals surface area contributed by atoms with Crippen molar-refractivity contribution in [3.8, 4) is 0 Å². The molecule has 0 atom stereocenters. The van der Waals surface area contributed by atoms with E-state index in [4.69, 9.17) is 4.42 Å². The standard InChI is InChI=1S/C7H11NO2/c1-5-4-10-6(8-5)7(2,3)9/h4,9H,1-3H3. The molecule has 1 aromatic heterocycles. The molecule has 0 radical (unpaired) electrons. The lowest BCUT2D eigenvalue weighted by molar-refractivity contribution is 0.0483. The van der Waals surface area contributed by atoms with Gasteiger partial charge in [-0.05, 0) is 20.8 Å². The molecule has 0 unspecified atom stereocenters. The van der Waals surface area contributed by atoms with Gasteiger partial charge in [-0.3, -0.25) is 0 Å². The second-order valence-corrected chi connectivity index (χ2v) is 2.85. The zero-order valence-electron chi connectivity index (χ0n) is 6.38. The average Bonchev–Trinajstić information content (AvgIpc) is 2.11. The largest absolute Gasteiger partial charge is 0.446 e. The van der Waals surface area contributed by atoms with Crippen LogP contribution in [-0.4, -0.2) is 10.1 Å². The predicted molar refractivity (Wildman–Crippen MR) is 36.5 cm³/mol. The first-order valence-corrected chi connectivity index (χ1v) is 3.15. The van der Waals surface area contributed by atoms with E-state index in [1.807, 2.05) is 6.92 Å². The molecule has 0 aliphatic rings. The van der Waals surface area contributed by atoms with E-state index in [1.54, 1.807) is 13.8 Å². The molecule has 0 amide bonds. The Balaban J connectivity index is 2.96. The molecule has 0 aliphatic carbocycles. The van der Waals surface area contributed by atoms with E-state index in [1.165, 1.54) is 6.26 Å². The number of oxazole rings is 1. The molecule has 3 nitrogen and oxygen atoms in total. The summed E-state index contributed by atoms with van der Waals surface area (Å²) in [7, 11) is 0. The van der Waals surface area contributed by atoms with Crippen LogP contribution in [0.15, 0.2) is 10.7 Å². The molecule has 56 valence electrons. The summed E-state index contributed by atoms with van der Waals surface area (Å²) in [5, 5.41) is 9.35. The van der Waals surface area contributed by atoms with Gasteiger partial charge in [0.15, 0.2) is 0 Å². The smallest absolute Gasteiger partial charge is 0.225 e. The Labute approximate surface area is 59.7 Å². The Morgan fingerprint density at radius 2 is 2.20 bits per heavy atom. The SMILES string of the molecule is Cc1coc(C(C)(C)O)n1. The molecule has 0 bridgehead atoms. The van der Waals surface area contributed by atoms with Gasteiger partial charge in [0.1, 0.15) is 11.9 Å². The summed E-state index contributed by atoms with van der Waals surface area (Å²) in [6.07, 6.45) is 1.52. The van der Waals surface area contributed by atoms with E-state index < -0.39 is 5.60 Å². The number of aliphatic hydroxyl groups is 1. The molecule has 1 rings (SSSR count). The minimum atomic E-state index is -0.964. The molecule has 0 aliphatic heterocycles. The highest BCUT2D eigenvalue weighted by Gasteiger charge is 2.21. The molecule has 10 heavy (non-hydrogen) atoms. The third-order valence-electron chi connectivity index (χ3n) is 1.14. The average molecular weight is 141 g/mol. The maximum atomic E-state index is 9.35. The molecule has 0 saturated carbocycles. The Kier molecular flexibility index (Phi) is 1.52. The van der Waals surface area contributed by atoms with Gasteiger partial charge < -0.3 is 9.52 Å². The summed E-state index contributed by atoms with van der Waals surface area (Å²) < 4.78 is 4.97. The third kappa shape index (κ3) is 1.36. The minimum Gasteiger partial charge on any atom is -0.446 e. The number of aryl methyl sites for hydroxylation is 1. The van der Waals surface area contributed by atoms with Crippen LogP contribution < -0.4 is 0 Å². The van der Waals surface area contributed by atoms with Crippen molar-refractivity contribution in [2.75, 3.05) is 0 Å². The Morgan fingerprint density at radius 1 is 1.60 bits per heavy atom. The van der Waals surface area contributed by atoms with Gasteiger partial charge in [0.2, 0.25) is 5.89 Å². The fourth-order valence-electron chi connectivity index (χ4n) is 0.635. The summed E-state index contributed by atoms with van der Waals surface area (Å²) >= 11 is 0. The zero-order valence-corrected chi connectivity index (χ0v) is 6.38. The maximum Gasteiger partial charge on any atom is 0.225 e. The van der Waals surface area contributed by atoms with Crippen LogP contribution in [0.3, 0.4) is 0 Å².